The van der Waals surface area contributed by atoms with Crippen LogP contribution in [0, 0.1) is 20.8 Å². The zero-order valence-corrected chi connectivity index (χ0v) is 73.2. The number of hydrogen-bond donors (Lipinski definition) is 11. The molecule has 11 N–H and O–H groups in total. The van der Waals surface area contributed by atoms with Crippen molar-refractivity contribution in [2.75, 3.05) is 91.6 Å². The summed E-state index contributed by atoms with van der Waals surface area (Å²) >= 11 is 0. The molecule has 0 saturated carbocycles. The number of esters is 1. The van der Waals surface area contributed by atoms with E-state index < -0.39 is 54.4 Å². The SMILES string of the molecule is CCOC(=O)CCN1Cc2cccc(c2)NC(=O)OC[C@H](C)c2ccc(cc2C)[C@@H](Nc2ccc3cc[nH]c(=O)c3c2)C1=O.COC(=O)NCCN1Cc2cccc(c2)NC(=O)OC[C@H](C)c2ccc(cc2C)[C@@H](Nc2ccc3cc[nH]c(=O)c3c2)C1=O.Cc1cc2ccc1[C@@H](C)COC(=O)Nc1cccc(c1)CN(CCC(=O)O)C(=O)[C@@H]2Nc1ccc2cc[nH]c(=O)c2c1. The first-order valence-corrected chi connectivity index (χ1v) is 42.7. The number of benzene rings is 9. The van der Waals surface area contributed by atoms with Crippen LogP contribution in [0.15, 0.2) is 233 Å². The van der Waals surface area contributed by atoms with Gasteiger partial charge in [-0.3, -0.25) is 54.3 Å². The molecule has 0 aliphatic carbocycles. The fourth-order valence-corrected chi connectivity index (χ4v) is 16.1. The fraction of sp³-hybridized carbons (Fsp3) is 0.273. The summed E-state index contributed by atoms with van der Waals surface area (Å²) in [5, 5.41) is 34.2. The number of carboxylic acid groups (broad SMARTS) is 1. The van der Waals surface area contributed by atoms with Crippen LogP contribution in [0.4, 0.5) is 53.3 Å². The molecule has 130 heavy (non-hydrogen) atoms. The molecule has 0 saturated heterocycles. The number of hydrogen-bond acceptors (Lipinski definition) is 20. The van der Waals surface area contributed by atoms with E-state index in [4.69, 9.17) is 23.7 Å². The van der Waals surface area contributed by atoms with Crippen molar-refractivity contribution in [1.29, 1.82) is 0 Å². The minimum atomic E-state index is -1.03. The molecule has 6 atom stereocenters. The van der Waals surface area contributed by atoms with Gasteiger partial charge in [0.15, 0.2) is 0 Å². The molecule has 0 spiro atoms. The van der Waals surface area contributed by atoms with Crippen molar-refractivity contribution in [3.05, 3.63) is 317 Å². The number of aliphatic carboxylic acids is 1. The Kier molecular flexibility index (Phi) is 30.2. The van der Waals surface area contributed by atoms with Crippen LogP contribution in [0.1, 0.15) is 143 Å². The highest BCUT2D eigenvalue weighted by molar-refractivity contribution is 5.94. The van der Waals surface area contributed by atoms with E-state index in [9.17, 15) is 62.6 Å². The molecule has 0 radical (unpaired) electrons. The minimum Gasteiger partial charge on any atom is -0.481 e. The number of anilines is 6. The third-order valence-corrected chi connectivity index (χ3v) is 22.8. The van der Waals surface area contributed by atoms with E-state index in [0.29, 0.717) is 67.0 Å². The normalized spacial score (nSPS) is 17.3. The molecule has 31 nitrogen and oxygen atoms in total. The number of carbonyl (C=O) groups is 9. The molecule has 9 aromatic carbocycles. The largest absolute Gasteiger partial charge is 0.481 e. The van der Waals surface area contributed by atoms with Crippen LogP contribution in [-0.2, 0) is 67.3 Å². The van der Waals surface area contributed by atoms with Crippen LogP contribution in [0.25, 0.3) is 32.3 Å². The van der Waals surface area contributed by atoms with E-state index in [1.165, 1.54) is 12.0 Å². The molecular formula is C99H103N13O18. The smallest absolute Gasteiger partial charge is 0.411 e. The minimum absolute atomic E-state index is 0.0113. The number of aromatic amines is 3. The van der Waals surface area contributed by atoms with Crippen LogP contribution in [0.2, 0.25) is 0 Å². The van der Waals surface area contributed by atoms with Crippen LogP contribution >= 0.6 is 0 Å². The number of aromatic nitrogens is 3. The Bertz CT molecular complexity index is 6430. The van der Waals surface area contributed by atoms with Gasteiger partial charge in [-0.05, 0) is 202 Å². The maximum Gasteiger partial charge on any atom is 0.411 e. The average molecular weight is 1760 g/mol. The molecule has 0 unspecified atom stereocenters. The maximum absolute atomic E-state index is 14.5. The number of ether oxygens (including phenoxy) is 5. The number of nitrogens with zero attached hydrogens (tertiary/aromatic N) is 3. The topological polar surface area (TPSA) is 413 Å². The molecule has 12 bridgehead atoms. The molecule has 6 aliphatic rings. The Balaban J connectivity index is 0.000000166. The average Bonchev–Trinajstić information content (AvgIpc) is 0.804. The number of pyridine rings is 3. The lowest BCUT2D eigenvalue weighted by Gasteiger charge is -2.30. The summed E-state index contributed by atoms with van der Waals surface area (Å²) < 4.78 is 26.4. The summed E-state index contributed by atoms with van der Waals surface area (Å²) in [7, 11) is 1.28. The van der Waals surface area contributed by atoms with E-state index in [0.717, 1.165) is 66.2 Å². The molecule has 3 aromatic heterocycles. The lowest BCUT2D eigenvalue weighted by molar-refractivity contribution is -0.144. The summed E-state index contributed by atoms with van der Waals surface area (Å²) in [6.45, 7) is 15.1. The quantitative estimate of drug-likeness (QED) is 0.0316. The Morgan fingerprint density at radius 1 is 0.423 bits per heavy atom. The summed E-state index contributed by atoms with van der Waals surface area (Å²) in [6, 6.07) is 57.6. The van der Waals surface area contributed by atoms with Gasteiger partial charge in [-0.1, -0.05) is 130 Å². The van der Waals surface area contributed by atoms with Crippen molar-refractivity contribution in [1.82, 2.24) is 35.0 Å². The molecular weight excluding hydrogens is 1660 g/mol. The number of methoxy groups -OCH3 is 1. The van der Waals surface area contributed by atoms with Gasteiger partial charge in [0.2, 0.25) is 17.7 Å². The number of amides is 7. The van der Waals surface area contributed by atoms with E-state index in [-0.39, 0.29) is 137 Å². The molecule has 672 valence electrons. The van der Waals surface area contributed by atoms with Gasteiger partial charge in [-0.15, -0.1) is 0 Å². The second-order valence-electron chi connectivity index (χ2n) is 32.3. The zero-order valence-electron chi connectivity index (χ0n) is 73.2. The number of carbonyl (C=O) groups excluding carboxylic acids is 8. The second-order valence-corrected chi connectivity index (χ2v) is 32.3. The molecule has 12 aromatic rings. The predicted octanol–water partition coefficient (Wildman–Crippen LogP) is 15.8. The lowest BCUT2D eigenvalue weighted by atomic mass is 9.92. The van der Waals surface area contributed by atoms with Gasteiger partial charge in [0.25, 0.3) is 16.7 Å². The molecule has 31 heteroatoms. The maximum atomic E-state index is 14.5. The van der Waals surface area contributed by atoms with Crippen LogP contribution in [-0.4, -0.2) is 149 Å². The van der Waals surface area contributed by atoms with Crippen LogP contribution in [0.5, 0.6) is 0 Å². The van der Waals surface area contributed by atoms with Crippen molar-refractivity contribution < 1.29 is 71.9 Å². The Hall–Kier alpha value is -15.6. The fourth-order valence-electron chi connectivity index (χ4n) is 16.1. The second kappa shape index (κ2) is 42.6. The highest BCUT2D eigenvalue weighted by Gasteiger charge is 2.33. The van der Waals surface area contributed by atoms with Gasteiger partial charge >= 0.3 is 36.3 Å². The van der Waals surface area contributed by atoms with E-state index in [1.54, 1.807) is 120 Å². The van der Waals surface area contributed by atoms with E-state index in [1.807, 2.05) is 157 Å². The van der Waals surface area contributed by atoms with Crippen molar-refractivity contribution in [2.45, 2.75) is 117 Å². The van der Waals surface area contributed by atoms with Crippen molar-refractivity contribution in [2.24, 2.45) is 0 Å². The number of carboxylic acids is 1. The van der Waals surface area contributed by atoms with Gasteiger partial charge in [-0.2, -0.15) is 0 Å². The zero-order chi connectivity index (χ0) is 92.2. The Labute approximate surface area is 748 Å². The summed E-state index contributed by atoms with van der Waals surface area (Å²) in [6.07, 6.45) is 2.22. The number of fused-ring (bicyclic) bond motifs is 30. The summed E-state index contributed by atoms with van der Waals surface area (Å²) in [5.41, 5.74) is 12.7. The van der Waals surface area contributed by atoms with E-state index >= 15 is 0 Å². The Morgan fingerprint density at radius 3 is 1.08 bits per heavy atom. The highest BCUT2D eigenvalue weighted by atomic mass is 16.6. The summed E-state index contributed by atoms with van der Waals surface area (Å²) in [4.78, 5) is 167. The third kappa shape index (κ3) is 23.8. The van der Waals surface area contributed by atoms with Gasteiger partial charge < -0.3 is 79.7 Å². The third-order valence-electron chi connectivity index (χ3n) is 22.8. The molecule has 18 rings (SSSR count). The van der Waals surface area contributed by atoms with Gasteiger partial charge in [0, 0.05) is 132 Å². The van der Waals surface area contributed by atoms with Crippen molar-refractivity contribution in [3.8, 4) is 0 Å². The number of nitrogens with one attached hydrogen (secondary N) is 10. The number of H-pyrrole nitrogens is 3. The first-order valence-electron chi connectivity index (χ1n) is 42.7. The molecule has 0 fully saturated rings. The number of alkyl carbamates (subject to hydrolysis) is 1. The molecule has 6 aliphatic heterocycles. The number of aryl methyl sites for hydroxylation is 3. The highest BCUT2D eigenvalue weighted by Crippen LogP contribution is 2.35. The first-order chi connectivity index (χ1) is 62.6. The predicted molar refractivity (Wildman–Crippen MR) is 496 cm³/mol. The van der Waals surface area contributed by atoms with Gasteiger partial charge in [0.1, 0.15) is 18.1 Å². The molecule has 9 heterocycles. The Morgan fingerprint density at radius 2 is 0.762 bits per heavy atom. The summed E-state index contributed by atoms with van der Waals surface area (Å²) in [5.74, 6) is -2.56. The standard InChI is InChI=1S/C34H36N4O6.C33H35N5O6.C32H32N4O6/c1-4-43-30(39)13-15-38-19-23-6-5-7-26(17-23)37-34(42)44-20-22(3)28-11-9-25(16-21(28)2)31(33(38)41)36-27-10-8-24-12-14-35-32(40)29(24)18-27;1-20-15-24-8-10-27(20)21(2)19-44-33(42)37-25-6-4-5-22(16-25)18-38(14-13-35-32(41)43-3)31(40)29(24)36-26-9-7-23-11-12-34-30(39)28(23)17-26;1-19-14-23-7-9-26(19)20(2)18-42-32(41)35-24-5-3-4-21(15-24)17-36(13-11-28(37)38)31(40)29(23)34-25-8-6-22-10-12-33-30(39)27(22)16-25/h5-12,14,16-18,22,31,36H,4,13,15,19-20H2,1-3H3,(H,35,40)(H,37,42);4-12,15-17,21,29,36H,13-14,18-19H2,1-3H3,(H,34,39)(H,35,41)(H,37,42);3-10,12,14-16,20,29,34H,11,13,17-18H2,1-2H3,(H,33,39)(H,35,41)(H,37,38)/t22-,31+;21-,29+;20-,29+/m000/s1. The lowest BCUT2D eigenvalue weighted by Crippen LogP contribution is -2.42. The van der Waals surface area contributed by atoms with Crippen LogP contribution in [0.3, 0.4) is 0 Å². The first kappa shape index (κ1) is 92.1. The van der Waals surface area contributed by atoms with Crippen molar-refractivity contribution in [3.63, 3.8) is 0 Å². The van der Waals surface area contributed by atoms with Gasteiger partial charge in [-0.25, -0.2) is 19.2 Å². The van der Waals surface area contributed by atoms with E-state index in [2.05, 4.69) is 52.2 Å². The van der Waals surface area contributed by atoms with Crippen molar-refractivity contribution >= 4 is 120 Å². The monoisotopic (exact) mass is 1760 g/mol. The number of rotatable bonds is 16. The molecule has 7 amide bonds. The van der Waals surface area contributed by atoms with Gasteiger partial charge in [0.05, 0.1) is 46.4 Å². The van der Waals surface area contributed by atoms with Crippen LogP contribution < -0.4 is 53.9 Å².